The maximum absolute atomic E-state index is 13.0. The second kappa shape index (κ2) is 4.05. The van der Waals surface area contributed by atoms with E-state index in [-0.39, 0.29) is 11.8 Å². The van der Waals surface area contributed by atoms with E-state index in [0.717, 1.165) is 35.3 Å². The number of para-hydroxylation sites is 1. The minimum Gasteiger partial charge on any atom is -0.292 e. The standard InChI is InChI=1S/C19H18N2O/c1-2-14-15-8-10-21-17(11-19(14,15)21)18(22)13-7-9-20-16-6-4-3-5-12(13)16/h2-7,9,14-15,17H,1,8,10-11H2. The topological polar surface area (TPSA) is 33.2 Å². The molecule has 2 saturated heterocycles. The first-order valence-electron chi connectivity index (χ1n) is 8.04. The van der Waals surface area contributed by atoms with Crippen LogP contribution in [0.4, 0.5) is 0 Å². The van der Waals surface area contributed by atoms with Crippen LogP contribution in [-0.2, 0) is 0 Å². The average Bonchev–Trinajstić information content (AvgIpc) is 3.12. The minimum absolute atomic E-state index is 0.0563. The Bertz CT molecular complexity index is 809. The van der Waals surface area contributed by atoms with Crippen molar-refractivity contribution in [1.29, 1.82) is 0 Å². The highest BCUT2D eigenvalue weighted by molar-refractivity contribution is 6.10. The number of benzene rings is 1. The van der Waals surface area contributed by atoms with Crippen molar-refractivity contribution in [2.24, 2.45) is 11.8 Å². The van der Waals surface area contributed by atoms with Gasteiger partial charge in [0.1, 0.15) is 0 Å². The van der Waals surface area contributed by atoms with E-state index in [9.17, 15) is 4.79 Å². The van der Waals surface area contributed by atoms with Gasteiger partial charge in [-0.1, -0.05) is 24.3 Å². The Hall–Kier alpha value is -2.00. The maximum atomic E-state index is 13.0. The third-order valence-electron chi connectivity index (χ3n) is 6.13. The number of rotatable bonds is 3. The summed E-state index contributed by atoms with van der Waals surface area (Å²) in [5.41, 5.74) is 2.02. The van der Waals surface area contributed by atoms with Crippen LogP contribution in [0.2, 0.25) is 0 Å². The molecule has 0 N–H and O–H groups in total. The van der Waals surface area contributed by atoms with Gasteiger partial charge >= 0.3 is 0 Å². The first kappa shape index (κ1) is 12.5. The van der Waals surface area contributed by atoms with Gasteiger partial charge in [-0.3, -0.25) is 14.7 Å². The van der Waals surface area contributed by atoms with Gasteiger partial charge in [0, 0.05) is 22.7 Å². The van der Waals surface area contributed by atoms with E-state index in [1.807, 2.05) is 30.3 Å². The van der Waals surface area contributed by atoms with Crippen molar-refractivity contribution in [3.05, 3.63) is 54.7 Å². The van der Waals surface area contributed by atoms with Crippen LogP contribution in [0, 0.1) is 11.8 Å². The molecule has 1 saturated carbocycles. The average molecular weight is 290 g/mol. The van der Waals surface area contributed by atoms with Crippen LogP contribution < -0.4 is 0 Å². The van der Waals surface area contributed by atoms with Gasteiger partial charge in [0.05, 0.1) is 11.6 Å². The number of pyridine rings is 1. The first-order chi connectivity index (χ1) is 10.8. The molecule has 3 aliphatic rings. The van der Waals surface area contributed by atoms with E-state index < -0.39 is 0 Å². The number of aromatic nitrogens is 1. The van der Waals surface area contributed by atoms with E-state index in [1.165, 1.54) is 6.42 Å². The fourth-order valence-electron chi connectivity index (χ4n) is 5.11. The molecule has 1 aromatic carbocycles. The summed E-state index contributed by atoms with van der Waals surface area (Å²) in [6, 6.07) is 9.84. The molecule has 0 radical (unpaired) electrons. The normalized spacial score (nSPS) is 35.5. The molecule has 110 valence electrons. The highest BCUT2D eigenvalue weighted by Crippen LogP contribution is 2.70. The molecule has 4 unspecified atom stereocenters. The number of carbonyl (C=O) groups is 1. The third kappa shape index (κ3) is 1.31. The lowest BCUT2D eigenvalue weighted by molar-refractivity contribution is 0.0138. The van der Waals surface area contributed by atoms with Gasteiger partial charge in [-0.15, -0.1) is 6.58 Å². The fraction of sp³-hybridized carbons (Fsp3) is 0.368. The molecule has 1 aliphatic carbocycles. The maximum Gasteiger partial charge on any atom is 0.180 e. The summed E-state index contributed by atoms with van der Waals surface area (Å²) in [7, 11) is 0. The van der Waals surface area contributed by atoms with Gasteiger partial charge in [0.2, 0.25) is 0 Å². The summed E-state index contributed by atoms with van der Waals surface area (Å²) in [5.74, 6) is 1.63. The summed E-state index contributed by atoms with van der Waals surface area (Å²) in [5, 5.41) is 0.975. The molecule has 3 heterocycles. The van der Waals surface area contributed by atoms with Crippen LogP contribution in [0.1, 0.15) is 23.2 Å². The largest absolute Gasteiger partial charge is 0.292 e. The third-order valence-corrected chi connectivity index (χ3v) is 6.13. The van der Waals surface area contributed by atoms with Crippen molar-refractivity contribution < 1.29 is 4.79 Å². The van der Waals surface area contributed by atoms with Crippen molar-refractivity contribution in [1.82, 2.24) is 9.88 Å². The number of nitrogens with zero attached hydrogens (tertiary/aromatic N) is 2. The number of piperidine rings is 1. The van der Waals surface area contributed by atoms with Crippen molar-refractivity contribution in [3.63, 3.8) is 0 Å². The van der Waals surface area contributed by atoms with Crippen molar-refractivity contribution in [2.75, 3.05) is 6.54 Å². The van der Waals surface area contributed by atoms with E-state index >= 15 is 0 Å². The Balaban J connectivity index is 1.50. The molecular formula is C19H18N2O. The van der Waals surface area contributed by atoms with Crippen LogP contribution in [-0.4, -0.2) is 33.8 Å². The van der Waals surface area contributed by atoms with E-state index in [2.05, 4.69) is 22.5 Å². The van der Waals surface area contributed by atoms with Gasteiger partial charge in [0.15, 0.2) is 5.78 Å². The molecule has 3 fully saturated rings. The van der Waals surface area contributed by atoms with Crippen molar-refractivity contribution in [2.45, 2.75) is 24.4 Å². The molecule has 3 nitrogen and oxygen atoms in total. The second-order valence-corrected chi connectivity index (χ2v) is 6.80. The second-order valence-electron chi connectivity index (χ2n) is 6.80. The molecule has 0 amide bonds. The number of hydrogen-bond donors (Lipinski definition) is 0. The lowest BCUT2D eigenvalue weighted by atomic mass is 9.83. The quantitative estimate of drug-likeness (QED) is 0.643. The Morgan fingerprint density at radius 1 is 1.36 bits per heavy atom. The zero-order valence-electron chi connectivity index (χ0n) is 12.4. The first-order valence-corrected chi connectivity index (χ1v) is 8.04. The molecule has 22 heavy (non-hydrogen) atoms. The SMILES string of the molecule is C=CC1C2CCN3C(C(=O)c4ccnc5ccccc45)CC123. The molecule has 4 atom stereocenters. The predicted molar refractivity (Wildman–Crippen MR) is 85.7 cm³/mol. The summed E-state index contributed by atoms with van der Waals surface area (Å²) >= 11 is 0. The Morgan fingerprint density at radius 2 is 2.23 bits per heavy atom. The molecule has 2 aromatic rings. The zero-order valence-corrected chi connectivity index (χ0v) is 12.4. The van der Waals surface area contributed by atoms with Gasteiger partial charge in [-0.2, -0.15) is 0 Å². The lowest BCUT2D eigenvalue weighted by Gasteiger charge is -2.47. The Kier molecular flexibility index (Phi) is 2.31. The molecular weight excluding hydrogens is 272 g/mol. The summed E-state index contributed by atoms with van der Waals surface area (Å²) in [6.45, 7) is 5.03. The number of ketones is 1. The number of Topliss-reactive ketones (excluding diaryl/α,β-unsaturated/α-hetero) is 1. The summed E-state index contributed by atoms with van der Waals surface area (Å²) in [6.07, 6.45) is 6.07. The predicted octanol–water partition coefficient (Wildman–Crippen LogP) is 3.07. The number of fused-ring (bicyclic) bond motifs is 1. The highest BCUT2D eigenvalue weighted by atomic mass is 16.1. The molecule has 1 spiro atoms. The summed E-state index contributed by atoms with van der Waals surface area (Å²) < 4.78 is 0. The van der Waals surface area contributed by atoms with Crippen LogP contribution in [0.15, 0.2) is 49.2 Å². The van der Waals surface area contributed by atoms with E-state index in [0.29, 0.717) is 11.5 Å². The minimum atomic E-state index is 0.0563. The zero-order chi connectivity index (χ0) is 14.9. The molecule has 5 rings (SSSR count). The van der Waals surface area contributed by atoms with Gasteiger partial charge in [-0.05, 0) is 43.4 Å². The van der Waals surface area contributed by atoms with Crippen LogP contribution in [0.5, 0.6) is 0 Å². The van der Waals surface area contributed by atoms with Crippen LogP contribution >= 0.6 is 0 Å². The van der Waals surface area contributed by atoms with Crippen LogP contribution in [0.3, 0.4) is 0 Å². The van der Waals surface area contributed by atoms with Crippen molar-refractivity contribution >= 4 is 16.7 Å². The Morgan fingerprint density at radius 3 is 3.05 bits per heavy atom. The van der Waals surface area contributed by atoms with E-state index in [4.69, 9.17) is 0 Å². The molecule has 1 aromatic heterocycles. The molecule has 0 bridgehead atoms. The summed E-state index contributed by atoms with van der Waals surface area (Å²) in [4.78, 5) is 19.9. The molecule has 3 heteroatoms. The Labute approximate surface area is 129 Å². The number of carbonyl (C=O) groups excluding carboxylic acids is 1. The van der Waals surface area contributed by atoms with Gasteiger partial charge < -0.3 is 0 Å². The van der Waals surface area contributed by atoms with Crippen LogP contribution in [0.25, 0.3) is 10.9 Å². The smallest absolute Gasteiger partial charge is 0.180 e. The van der Waals surface area contributed by atoms with E-state index in [1.54, 1.807) is 6.20 Å². The van der Waals surface area contributed by atoms with Gasteiger partial charge in [0.25, 0.3) is 0 Å². The lowest BCUT2D eigenvalue weighted by Crippen LogP contribution is -2.60. The van der Waals surface area contributed by atoms with Gasteiger partial charge in [-0.25, -0.2) is 0 Å². The fourth-order valence-corrected chi connectivity index (χ4v) is 5.11. The highest BCUT2D eigenvalue weighted by Gasteiger charge is 2.76. The van der Waals surface area contributed by atoms with Crippen molar-refractivity contribution in [3.8, 4) is 0 Å². The monoisotopic (exact) mass is 290 g/mol. The molecule has 2 aliphatic heterocycles. The number of hydrogen-bond acceptors (Lipinski definition) is 3.